The number of nitrogens with one attached hydrogen (secondary N) is 2. The highest BCUT2D eigenvalue weighted by Crippen LogP contribution is 2.34. The van der Waals surface area contributed by atoms with Gasteiger partial charge in [0.25, 0.3) is 5.91 Å². The van der Waals surface area contributed by atoms with Crippen LogP contribution < -0.4 is 20.1 Å². The number of nitrogens with zero attached hydrogens (tertiary/aromatic N) is 2. The van der Waals surface area contributed by atoms with E-state index >= 15 is 0 Å². The fourth-order valence-corrected chi connectivity index (χ4v) is 4.25. The maximum atomic E-state index is 12.8. The largest absolute Gasteiger partial charge is 0.454 e. The van der Waals surface area contributed by atoms with Gasteiger partial charge >= 0.3 is 0 Å². The SMILES string of the molecule is CCSc1ccc(NC(=O)c2cccnc2SCC(=O)Nc2ccc3c(c2)OCO3)cn1. The van der Waals surface area contributed by atoms with Crippen LogP contribution in [0.3, 0.4) is 0 Å². The Morgan fingerprint density at radius 1 is 1.00 bits per heavy atom. The van der Waals surface area contributed by atoms with Gasteiger partial charge in [-0.1, -0.05) is 18.7 Å². The fraction of sp³-hybridized carbons (Fsp3) is 0.182. The first kappa shape index (κ1) is 22.0. The number of anilines is 2. The molecule has 0 saturated heterocycles. The van der Waals surface area contributed by atoms with Crippen molar-refractivity contribution in [2.45, 2.75) is 17.0 Å². The molecule has 0 unspecified atom stereocenters. The van der Waals surface area contributed by atoms with E-state index in [1.807, 2.05) is 12.1 Å². The van der Waals surface area contributed by atoms with Crippen LogP contribution in [0.4, 0.5) is 11.4 Å². The maximum Gasteiger partial charge on any atom is 0.258 e. The molecule has 0 atom stereocenters. The van der Waals surface area contributed by atoms with Crippen molar-refractivity contribution in [2.75, 3.05) is 28.9 Å². The van der Waals surface area contributed by atoms with Crippen LogP contribution >= 0.6 is 23.5 Å². The number of hydrogen-bond donors (Lipinski definition) is 2. The summed E-state index contributed by atoms with van der Waals surface area (Å²) >= 11 is 2.82. The summed E-state index contributed by atoms with van der Waals surface area (Å²) in [6.07, 6.45) is 3.21. The van der Waals surface area contributed by atoms with Crippen molar-refractivity contribution in [1.29, 1.82) is 0 Å². The quantitative estimate of drug-likeness (QED) is 0.472. The van der Waals surface area contributed by atoms with Gasteiger partial charge in [-0.25, -0.2) is 9.97 Å². The van der Waals surface area contributed by atoms with Crippen LogP contribution in [0.25, 0.3) is 0 Å². The summed E-state index contributed by atoms with van der Waals surface area (Å²) in [7, 11) is 0. The highest BCUT2D eigenvalue weighted by molar-refractivity contribution is 8.00. The summed E-state index contributed by atoms with van der Waals surface area (Å²) in [5.41, 5.74) is 1.59. The predicted molar refractivity (Wildman–Crippen MR) is 125 cm³/mol. The lowest BCUT2D eigenvalue weighted by molar-refractivity contribution is -0.113. The van der Waals surface area contributed by atoms with Crippen LogP contribution in [0.2, 0.25) is 0 Å². The molecule has 3 aromatic rings. The van der Waals surface area contributed by atoms with Crippen molar-refractivity contribution in [2.24, 2.45) is 0 Å². The standard InChI is InChI=1S/C22H20N4O4S2/c1-2-31-20-8-6-15(11-24-20)26-21(28)16-4-3-9-23-22(16)32-12-19(27)25-14-5-7-17-18(10-14)30-13-29-17/h3-11H,2,12-13H2,1H3,(H,25,27)(H,26,28). The lowest BCUT2D eigenvalue weighted by Crippen LogP contribution is -2.16. The van der Waals surface area contributed by atoms with E-state index in [1.54, 1.807) is 54.5 Å². The number of rotatable bonds is 8. The van der Waals surface area contributed by atoms with Gasteiger partial charge in [-0.15, -0.1) is 11.8 Å². The number of thioether (sulfide) groups is 2. The number of ether oxygens (including phenoxy) is 2. The second kappa shape index (κ2) is 10.4. The number of amides is 2. The molecular weight excluding hydrogens is 448 g/mol. The van der Waals surface area contributed by atoms with Crippen molar-refractivity contribution in [3.05, 3.63) is 60.4 Å². The van der Waals surface area contributed by atoms with Gasteiger partial charge in [-0.2, -0.15) is 0 Å². The number of pyridine rings is 2. The van der Waals surface area contributed by atoms with Crippen LogP contribution in [-0.2, 0) is 4.79 Å². The highest BCUT2D eigenvalue weighted by atomic mass is 32.2. The van der Waals surface area contributed by atoms with E-state index in [1.165, 1.54) is 11.8 Å². The smallest absolute Gasteiger partial charge is 0.258 e. The molecule has 10 heteroatoms. The van der Waals surface area contributed by atoms with Crippen molar-refractivity contribution in [1.82, 2.24) is 9.97 Å². The van der Waals surface area contributed by atoms with E-state index in [0.29, 0.717) is 33.5 Å². The molecular formula is C22H20N4O4S2. The van der Waals surface area contributed by atoms with Crippen LogP contribution in [0, 0.1) is 0 Å². The number of hydrogen-bond acceptors (Lipinski definition) is 8. The molecule has 0 aliphatic carbocycles. The third kappa shape index (κ3) is 5.51. The Morgan fingerprint density at radius 2 is 1.84 bits per heavy atom. The Bertz CT molecular complexity index is 1130. The molecule has 0 fully saturated rings. The summed E-state index contributed by atoms with van der Waals surface area (Å²) in [4.78, 5) is 33.8. The second-order valence-electron chi connectivity index (χ2n) is 6.53. The van der Waals surface area contributed by atoms with Gasteiger partial charge in [0.1, 0.15) is 5.03 Å². The van der Waals surface area contributed by atoms with E-state index in [0.717, 1.165) is 10.8 Å². The van der Waals surface area contributed by atoms with Crippen LogP contribution in [0.1, 0.15) is 17.3 Å². The molecule has 1 aliphatic rings. The minimum absolute atomic E-state index is 0.0935. The summed E-state index contributed by atoms with van der Waals surface area (Å²) in [5, 5.41) is 7.01. The predicted octanol–water partition coefficient (Wildman–Crippen LogP) is 4.30. The molecule has 1 aromatic carbocycles. The van der Waals surface area contributed by atoms with Crippen molar-refractivity contribution in [3.63, 3.8) is 0 Å². The Balaban J connectivity index is 1.36. The van der Waals surface area contributed by atoms with Crippen molar-refractivity contribution >= 4 is 46.7 Å². The van der Waals surface area contributed by atoms with Gasteiger partial charge in [-0.05, 0) is 42.2 Å². The Morgan fingerprint density at radius 3 is 2.66 bits per heavy atom. The van der Waals surface area contributed by atoms with Gasteiger partial charge < -0.3 is 20.1 Å². The second-order valence-corrected chi connectivity index (χ2v) is 8.78. The summed E-state index contributed by atoms with van der Waals surface area (Å²) < 4.78 is 10.6. The first-order valence-corrected chi connectivity index (χ1v) is 11.8. The molecule has 32 heavy (non-hydrogen) atoms. The Kier molecular flexibility index (Phi) is 7.13. The third-order valence-corrected chi connectivity index (χ3v) is 6.13. The van der Waals surface area contributed by atoms with E-state index < -0.39 is 0 Å². The van der Waals surface area contributed by atoms with Gasteiger partial charge in [0.2, 0.25) is 12.7 Å². The van der Waals surface area contributed by atoms with Gasteiger partial charge in [-0.3, -0.25) is 9.59 Å². The monoisotopic (exact) mass is 468 g/mol. The zero-order valence-corrected chi connectivity index (χ0v) is 18.8. The first-order chi connectivity index (χ1) is 15.6. The maximum absolute atomic E-state index is 12.8. The number of carbonyl (C=O) groups is 2. The summed E-state index contributed by atoms with van der Waals surface area (Å²) in [5.74, 6) is 1.73. The lowest BCUT2D eigenvalue weighted by atomic mass is 10.2. The topological polar surface area (TPSA) is 102 Å². The molecule has 0 spiro atoms. The van der Waals surface area contributed by atoms with Crippen LogP contribution in [0.15, 0.2) is 64.9 Å². The number of carbonyl (C=O) groups excluding carboxylic acids is 2. The molecule has 0 saturated carbocycles. The van der Waals surface area contributed by atoms with Crippen LogP contribution in [0.5, 0.6) is 11.5 Å². The molecule has 164 valence electrons. The van der Waals surface area contributed by atoms with Gasteiger partial charge in [0.05, 0.1) is 28.2 Å². The number of fused-ring (bicyclic) bond motifs is 1. The van der Waals surface area contributed by atoms with Crippen molar-refractivity contribution < 1.29 is 19.1 Å². The third-order valence-electron chi connectivity index (χ3n) is 4.30. The Hall–Kier alpha value is -3.24. The molecule has 2 N–H and O–H groups in total. The van der Waals surface area contributed by atoms with Crippen LogP contribution in [-0.4, -0.2) is 40.1 Å². The molecule has 3 heterocycles. The van der Waals surface area contributed by atoms with E-state index in [4.69, 9.17) is 9.47 Å². The molecule has 2 amide bonds. The summed E-state index contributed by atoms with van der Waals surface area (Å²) in [6, 6.07) is 12.2. The lowest BCUT2D eigenvalue weighted by Gasteiger charge is -2.10. The molecule has 0 radical (unpaired) electrons. The van der Waals surface area contributed by atoms with E-state index in [9.17, 15) is 9.59 Å². The molecule has 4 rings (SSSR count). The summed E-state index contributed by atoms with van der Waals surface area (Å²) in [6.45, 7) is 2.23. The van der Waals surface area contributed by atoms with E-state index in [2.05, 4.69) is 27.5 Å². The Labute approximate surface area is 193 Å². The zero-order valence-electron chi connectivity index (χ0n) is 17.2. The number of aromatic nitrogens is 2. The van der Waals surface area contributed by atoms with E-state index in [-0.39, 0.29) is 24.4 Å². The minimum atomic E-state index is -0.311. The van der Waals surface area contributed by atoms with Gasteiger partial charge in [0, 0.05) is 18.0 Å². The minimum Gasteiger partial charge on any atom is -0.454 e. The molecule has 0 bridgehead atoms. The first-order valence-electron chi connectivity index (χ1n) is 9.80. The highest BCUT2D eigenvalue weighted by Gasteiger charge is 2.16. The number of benzene rings is 1. The fourth-order valence-electron chi connectivity index (χ4n) is 2.87. The average molecular weight is 469 g/mol. The van der Waals surface area contributed by atoms with Crippen molar-refractivity contribution in [3.8, 4) is 11.5 Å². The molecule has 2 aromatic heterocycles. The molecule has 8 nitrogen and oxygen atoms in total. The zero-order chi connectivity index (χ0) is 22.3. The average Bonchev–Trinajstić information content (AvgIpc) is 3.27. The molecule has 1 aliphatic heterocycles. The van der Waals surface area contributed by atoms with Gasteiger partial charge in [0.15, 0.2) is 11.5 Å². The normalized spacial score (nSPS) is 11.8.